The predicted molar refractivity (Wildman–Crippen MR) is 88.1 cm³/mol. The summed E-state index contributed by atoms with van der Waals surface area (Å²) >= 11 is 6.17. The van der Waals surface area contributed by atoms with E-state index >= 15 is 0 Å². The Morgan fingerprint density at radius 2 is 1.91 bits per heavy atom. The molecule has 0 aromatic carbocycles. The Labute approximate surface area is 141 Å². The van der Waals surface area contributed by atoms with E-state index in [9.17, 15) is 5.11 Å². The van der Waals surface area contributed by atoms with E-state index in [1.807, 2.05) is 0 Å². The minimum atomic E-state index is 0.0819. The molecule has 3 heterocycles. The minimum Gasteiger partial charge on any atom is -0.396 e. The fourth-order valence-electron chi connectivity index (χ4n) is 2.98. The summed E-state index contributed by atoms with van der Waals surface area (Å²) in [4.78, 5) is 11.0. The van der Waals surface area contributed by atoms with Crippen LogP contribution < -0.4 is 10.2 Å². The van der Waals surface area contributed by atoms with Gasteiger partial charge >= 0.3 is 0 Å². The van der Waals surface area contributed by atoms with Gasteiger partial charge in [-0.3, -0.25) is 0 Å². The van der Waals surface area contributed by atoms with Crippen LogP contribution >= 0.6 is 11.6 Å². The number of hydrogen-bond donors (Lipinski definition) is 2. The largest absolute Gasteiger partial charge is 0.396 e. The summed E-state index contributed by atoms with van der Waals surface area (Å²) in [6, 6.07) is 1.86. The summed E-state index contributed by atoms with van der Waals surface area (Å²) in [5, 5.41) is 13.3. The molecule has 0 aliphatic carbocycles. The molecule has 2 atom stereocenters. The number of morpholine rings is 1. The molecule has 7 nitrogen and oxygen atoms in total. The minimum absolute atomic E-state index is 0.0819. The molecule has 2 saturated heterocycles. The van der Waals surface area contributed by atoms with Crippen molar-refractivity contribution in [1.82, 2.24) is 9.97 Å². The second kappa shape index (κ2) is 8.10. The van der Waals surface area contributed by atoms with Crippen molar-refractivity contribution in [2.24, 2.45) is 5.92 Å². The molecular weight excluding hydrogens is 320 g/mol. The van der Waals surface area contributed by atoms with Gasteiger partial charge in [-0.05, 0) is 12.8 Å². The Hall–Kier alpha value is -1.15. The molecule has 0 radical (unpaired) electrons. The maximum atomic E-state index is 9.59. The lowest BCUT2D eigenvalue weighted by Crippen LogP contribution is -2.37. The van der Waals surface area contributed by atoms with E-state index in [1.165, 1.54) is 0 Å². The number of aliphatic hydroxyl groups excluding tert-OH is 1. The van der Waals surface area contributed by atoms with E-state index in [4.69, 9.17) is 21.1 Å². The van der Waals surface area contributed by atoms with E-state index in [1.54, 1.807) is 6.07 Å². The van der Waals surface area contributed by atoms with Crippen molar-refractivity contribution < 1.29 is 14.6 Å². The Kier molecular flexibility index (Phi) is 5.88. The summed E-state index contributed by atoms with van der Waals surface area (Å²) < 4.78 is 10.9. The number of nitrogens with zero attached hydrogens (tertiary/aromatic N) is 3. The van der Waals surface area contributed by atoms with Gasteiger partial charge in [0.05, 0.1) is 13.2 Å². The molecular formula is C15H23ClN4O3. The normalized spacial score (nSPS) is 25.9. The second-order valence-corrected chi connectivity index (χ2v) is 6.24. The molecule has 1 aromatic rings. The van der Waals surface area contributed by atoms with E-state index in [0.29, 0.717) is 37.5 Å². The molecule has 2 N–H and O–H groups in total. The number of halogens is 1. The van der Waals surface area contributed by atoms with Gasteiger partial charge in [-0.25, -0.2) is 4.98 Å². The SMILES string of the molecule is OCC1CCOCCC1Nc1nc(Cl)cc(N2CCOCC2)n1. The number of anilines is 2. The zero-order valence-electron chi connectivity index (χ0n) is 13.1. The van der Waals surface area contributed by atoms with Crippen LogP contribution in [0.3, 0.4) is 0 Å². The lowest BCUT2D eigenvalue weighted by atomic mass is 9.96. The van der Waals surface area contributed by atoms with Crippen LogP contribution in [0.2, 0.25) is 5.15 Å². The van der Waals surface area contributed by atoms with Crippen LogP contribution in [-0.2, 0) is 9.47 Å². The first-order chi connectivity index (χ1) is 11.3. The van der Waals surface area contributed by atoms with Gasteiger partial charge in [0.1, 0.15) is 11.0 Å². The van der Waals surface area contributed by atoms with Crippen LogP contribution in [-0.4, -0.2) is 67.2 Å². The van der Waals surface area contributed by atoms with Crippen LogP contribution in [0.4, 0.5) is 11.8 Å². The number of aliphatic hydroxyl groups is 1. The van der Waals surface area contributed by atoms with Crippen LogP contribution in [0.1, 0.15) is 12.8 Å². The average Bonchev–Trinajstić information content (AvgIpc) is 2.80. The predicted octanol–water partition coefficient (Wildman–Crippen LogP) is 1.17. The molecule has 8 heteroatoms. The van der Waals surface area contributed by atoms with Crippen molar-refractivity contribution in [2.75, 3.05) is 56.3 Å². The van der Waals surface area contributed by atoms with Crippen LogP contribution in [0.5, 0.6) is 0 Å². The Morgan fingerprint density at radius 3 is 2.70 bits per heavy atom. The highest BCUT2D eigenvalue weighted by molar-refractivity contribution is 6.29. The molecule has 2 fully saturated rings. The Bertz CT molecular complexity index is 513. The number of nitrogens with one attached hydrogen (secondary N) is 1. The van der Waals surface area contributed by atoms with Gasteiger partial charge in [-0.2, -0.15) is 4.98 Å². The molecule has 2 aliphatic rings. The molecule has 2 aliphatic heterocycles. The van der Waals surface area contributed by atoms with Gasteiger partial charge in [0.25, 0.3) is 0 Å². The highest BCUT2D eigenvalue weighted by Crippen LogP contribution is 2.23. The Morgan fingerprint density at radius 1 is 1.17 bits per heavy atom. The van der Waals surface area contributed by atoms with Crippen molar-refractivity contribution in [1.29, 1.82) is 0 Å². The third-order valence-corrected chi connectivity index (χ3v) is 4.53. The molecule has 0 spiro atoms. The lowest BCUT2D eigenvalue weighted by Gasteiger charge is -2.29. The van der Waals surface area contributed by atoms with Crippen molar-refractivity contribution >= 4 is 23.4 Å². The first-order valence-electron chi connectivity index (χ1n) is 8.08. The summed E-state index contributed by atoms with van der Waals surface area (Å²) in [6.45, 7) is 4.45. The maximum absolute atomic E-state index is 9.59. The fourth-order valence-corrected chi connectivity index (χ4v) is 3.16. The van der Waals surface area contributed by atoms with Crippen molar-refractivity contribution in [3.8, 4) is 0 Å². The molecule has 1 aromatic heterocycles. The highest BCUT2D eigenvalue weighted by Gasteiger charge is 2.24. The molecule has 23 heavy (non-hydrogen) atoms. The van der Waals surface area contributed by atoms with Crippen LogP contribution in [0, 0.1) is 5.92 Å². The zero-order valence-corrected chi connectivity index (χ0v) is 13.8. The van der Waals surface area contributed by atoms with E-state index in [-0.39, 0.29) is 18.6 Å². The zero-order chi connectivity index (χ0) is 16.1. The van der Waals surface area contributed by atoms with Gasteiger partial charge in [-0.1, -0.05) is 11.6 Å². The molecule has 0 amide bonds. The highest BCUT2D eigenvalue weighted by atomic mass is 35.5. The standard InChI is InChI=1S/C15H23ClN4O3/c16-13-9-14(20-3-7-23-8-4-20)19-15(18-13)17-12-2-6-22-5-1-11(12)10-21/h9,11-12,21H,1-8,10H2,(H,17,18,19). The molecule has 128 valence electrons. The second-order valence-electron chi connectivity index (χ2n) is 5.86. The summed E-state index contributed by atoms with van der Waals surface area (Å²) in [5.41, 5.74) is 0. The van der Waals surface area contributed by atoms with E-state index in [2.05, 4.69) is 20.2 Å². The van der Waals surface area contributed by atoms with E-state index in [0.717, 1.165) is 31.7 Å². The smallest absolute Gasteiger partial charge is 0.226 e. The summed E-state index contributed by atoms with van der Waals surface area (Å²) in [7, 11) is 0. The van der Waals surface area contributed by atoms with E-state index < -0.39 is 0 Å². The Balaban J connectivity index is 1.74. The molecule has 0 saturated carbocycles. The van der Waals surface area contributed by atoms with Crippen molar-refractivity contribution in [3.05, 3.63) is 11.2 Å². The first-order valence-corrected chi connectivity index (χ1v) is 8.46. The third-order valence-electron chi connectivity index (χ3n) is 4.34. The molecule has 2 unspecified atom stereocenters. The van der Waals surface area contributed by atoms with Gasteiger partial charge in [-0.15, -0.1) is 0 Å². The van der Waals surface area contributed by atoms with Gasteiger partial charge in [0, 0.05) is 50.9 Å². The third kappa shape index (κ3) is 4.44. The number of rotatable bonds is 4. The van der Waals surface area contributed by atoms with Gasteiger partial charge in [0.2, 0.25) is 5.95 Å². The molecule has 3 rings (SSSR count). The fraction of sp³-hybridized carbons (Fsp3) is 0.733. The number of hydrogen-bond acceptors (Lipinski definition) is 7. The quantitative estimate of drug-likeness (QED) is 0.795. The average molecular weight is 343 g/mol. The summed E-state index contributed by atoms with van der Waals surface area (Å²) in [5.74, 6) is 1.44. The van der Waals surface area contributed by atoms with Gasteiger partial charge < -0.3 is 24.8 Å². The van der Waals surface area contributed by atoms with Crippen LogP contribution in [0.25, 0.3) is 0 Å². The van der Waals surface area contributed by atoms with Gasteiger partial charge in [0.15, 0.2) is 0 Å². The lowest BCUT2D eigenvalue weighted by molar-refractivity contribution is 0.122. The number of aromatic nitrogens is 2. The van der Waals surface area contributed by atoms with Crippen molar-refractivity contribution in [3.63, 3.8) is 0 Å². The van der Waals surface area contributed by atoms with Crippen LogP contribution in [0.15, 0.2) is 6.07 Å². The monoisotopic (exact) mass is 342 g/mol. The first kappa shape index (κ1) is 16.7. The molecule has 0 bridgehead atoms. The topological polar surface area (TPSA) is 79.7 Å². The maximum Gasteiger partial charge on any atom is 0.226 e. The number of ether oxygens (including phenoxy) is 2. The summed E-state index contributed by atoms with van der Waals surface area (Å²) in [6.07, 6.45) is 1.64. The van der Waals surface area contributed by atoms with Crippen molar-refractivity contribution in [2.45, 2.75) is 18.9 Å².